The van der Waals surface area contributed by atoms with Gasteiger partial charge in [-0.25, -0.2) is 4.98 Å². The van der Waals surface area contributed by atoms with Gasteiger partial charge in [-0.3, -0.25) is 9.20 Å². The number of hydrogen-bond donors (Lipinski definition) is 2. The van der Waals surface area contributed by atoms with Crippen molar-refractivity contribution in [3.63, 3.8) is 0 Å². The van der Waals surface area contributed by atoms with E-state index in [9.17, 15) is 4.79 Å². The normalized spacial score (nSPS) is 27.8. The second-order valence-corrected chi connectivity index (χ2v) is 11.0. The van der Waals surface area contributed by atoms with Gasteiger partial charge >= 0.3 is 0 Å². The number of aromatic nitrogens is 2. The van der Waals surface area contributed by atoms with Crippen LogP contribution in [0, 0.1) is 17.8 Å². The van der Waals surface area contributed by atoms with Crippen molar-refractivity contribution in [1.29, 1.82) is 0 Å². The van der Waals surface area contributed by atoms with E-state index in [-0.39, 0.29) is 5.91 Å². The molecular weight excluding hydrogens is 432 g/mol. The molecule has 0 radical (unpaired) electrons. The largest absolute Gasteiger partial charge is 0.380 e. The van der Waals surface area contributed by atoms with E-state index in [0.717, 1.165) is 34.7 Å². The van der Waals surface area contributed by atoms with Crippen molar-refractivity contribution >= 4 is 28.8 Å². The number of aryl methyl sites for hydroxylation is 1. The van der Waals surface area contributed by atoms with Gasteiger partial charge in [-0.2, -0.15) is 0 Å². The van der Waals surface area contributed by atoms with E-state index in [4.69, 9.17) is 11.6 Å². The number of imidazole rings is 1. The van der Waals surface area contributed by atoms with Crippen LogP contribution in [0.3, 0.4) is 0 Å². The Hall–Kier alpha value is -2.53. The van der Waals surface area contributed by atoms with Gasteiger partial charge in [-0.05, 0) is 92.5 Å². The Morgan fingerprint density at radius 3 is 2.36 bits per heavy atom. The number of carbonyl (C=O) groups is 1. The highest BCUT2D eigenvalue weighted by Crippen LogP contribution is 2.56. The van der Waals surface area contributed by atoms with Gasteiger partial charge in [-0.15, -0.1) is 0 Å². The van der Waals surface area contributed by atoms with Gasteiger partial charge in [0.25, 0.3) is 5.91 Å². The van der Waals surface area contributed by atoms with E-state index < -0.39 is 0 Å². The molecule has 0 spiro atoms. The molecular formula is C27H31ClN4O. The first kappa shape index (κ1) is 21.0. The summed E-state index contributed by atoms with van der Waals surface area (Å²) in [6, 6.07) is 12.2. The molecule has 172 valence electrons. The molecule has 4 aliphatic carbocycles. The van der Waals surface area contributed by atoms with Gasteiger partial charge in [0.2, 0.25) is 0 Å². The molecule has 0 atom stereocenters. The number of nitrogens with zero attached hydrogens (tertiary/aromatic N) is 2. The van der Waals surface area contributed by atoms with Crippen molar-refractivity contribution in [2.45, 2.75) is 64.0 Å². The zero-order valence-electron chi connectivity index (χ0n) is 19.1. The number of nitrogens with one attached hydrogen (secondary N) is 2. The van der Waals surface area contributed by atoms with Gasteiger partial charge in [0.05, 0.1) is 10.7 Å². The number of halogens is 1. The molecule has 0 unspecified atom stereocenters. The molecule has 4 fully saturated rings. The van der Waals surface area contributed by atoms with Crippen LogP contribution in [0.15, 0.2) is 42.6 Å². The standard InChI is InChI=1S/C27H31ClN4O/c1-2-23-25(32-16-21(28)5-8-24(32)30-23)26(33)29-15-17-3-6-22(7-4-17)31-27-12-18-9-19(13-27)11-20(10-18)14-27/h3-8,16,18-20,31H,2,9-15H2,1H3,(H,29,33). The maximum absolute atomic E-state index is 13.0. The molecule has 2 aromatic heterocycles. The van der Waals surface area contributed by atoms with E-state index in [1.165, 1.54) is 44.2 Å². The first-order chi connectivity index (χ1) is 16.0. The van der Waals surface area contributed by atoms with Crippen LogP contribution in [0.4, 0.5) is 5.69 Å². The highest BCUT2D eigenvalue weighted by atomic mass is 35.5. The fourth-order valence-corrected chi connectivity index (χ4v) is 7.26. The Labute approximate surface area is 199 Å². The molecule has 0 saturated heterocycles. The lowest BCUT2D eigenvalue weighted by Gasteiger charge is -2.57. The fraction of sp³-hybridized carbons (Fsp3) is 0.481. The number of pyridine rings is 1. The lowest BCUT2D eigenvalue weighted by molar-refractivity contribution is 0.0107. The van der Waals surface area contributed by atoms with E-state index in [1.54, 1.807) is 16.7 Å². The number of rotatable bonds is 6. The zero-order chi connectivity index (χ0) is 22.6. The molecule has 6 heteroatoms. The van der Waals surface area contributed by atoms with Crippen molar-refractivity contribution in [3.8, 4) is 0 Å². The summed E-state index contributed by atoms with van der Waals surface area (Å²) in [5.41, 5.74) is 4.69. The van der Waals surface area contributed by atoms with Gasteiger partial charge in [0.15, 0.2) is 0 Å². The third-order valence-corrected chi connectivity index (χ3v) is 8.28. The van der Waals surface area contributed by atoms with Crippen LogP contribution in [0.2, 0.25) is 5.02 Å². The molecule has 4 saturated carbocycles. The van der Waals surface area contributed by atoms with Crippen molar-refractivity contribution in [3.05, 3.63) is 64.6 Å². The maximum atomic E-state index is 13.0. The first-order valence-electron chi connectivity index (χ1n) is 12.3. The van der Waals surface area contributed by atoms with Gasteiger partial charge in [-0.1, -0.05) is 30.7 Å². The van der Waals surface area contributed by atoms with Crippen LogP contribution in [0.5, 0.6) is 0 Å². The van der Waals surface area contributed by atoms with Crippen LogP contribution in [-0.2, 0) is 13.0 Å². The highest BCUT2D eigenvalue weighted by Gasteiger charge is 2.50. The summed E-state index contributed by atoms with van der Waals surface area (Å²) in [7, 11) is 0. The van der Waals surface area contributed by atoms with Crippen molar-refractivity contribution in [1.82, 2.24) is 14.7 Å². The minimum absolute atomic E-state index is 0.127. The molecule has 5 nitrogen and oxygen atoms in total. The quantitative estimate of drug-likeness (QED) is 0.482. The second-order valence-electron chi connectivity index (χ2n) is 10.5. The fourth-order valence-electron chi connectivity index (χ4n) is 7.10. The Kier molecular flexibility index (Phi) is 5.13. The summed E-state index contributed by atoms with van der Waals surface area (Å²) in [6.45, 7) is 2.49. The minimum atomic E-state index is -0.127. The first-order valence-corrected chi connectivity index (χ1v) is 12.7. The third kappa shape index (κ3) is 3.90. The molecule has 2 N–H and O–H groups in total. The Balaban J connectivity index is 1.13. The Morgan fingerprint density at radius 1 is 1.06 bits per heavy atom. The summed E-state index contributed by atoms with van der Waals surface area (Å²) in [6.07, 6.45) is 10.8. The summed E-state index contributed by atoms with van der Waals surface area (Å²) in [5.74, 6) is 2.67. The molecule has 0 aliphatic heterocycles. The Bertz CT molecular complexity index is 1160. The number of benzene rings is 1. The van der Waals surface area contributed by atoms with E-state index in [1.807, 2.05) is 13.0 Å². The predicted molar refractivity (Wildman–Crippen MR) is 132 cm³/mol. The average Bonchev–Trinajstić information content (AvgIpc) is 3.15. The molecule has 1 aromatic carbocycles. The lowest BCUT2D eigenvalue weighted by Crippen LogP contribution is -2.54. The van der Waals surface area contributed by atoms with E-state index in [0.29, 0.717) is 29.2 Å². The van der Waals surface area contributed by atoms with Crippen LogP contribution in [-0.4, -0.2) is 20.8 Å². The number of hydrogen-bond acceptors (Lipinski definition) is 3. The average molecular weight is 463 g/mol. The molecule has 7 rings (SSSR count). The molecule has 2 heterocycles. The van der Waals surface area contributed by atoms with Crippen LogP contribution < -0.4 is 10.6 Å². The monoisotopic (exact) mass is 462 g/mol. The van der Waals surface area contributed by atoms with Crippen LogP contribution in [0.25, 0.3) is 5.65 Å². The number of amides is 1. The molecule has 3 aromatic rings. The summed E-state index contributed by atoms with van der Waals surface area (Å²) in [4.78, 5) is 17.6. The summed E-state index contributed by atoms with van der Waals surface area (Å²) < 4.78 is 1.79. The summed E-state index contributed by atoms with van der Waals surface area (Å²) >= 11 is 6.16. The van der Waals surface area contributed by atoms with Gasteiger partial charge in [0, 0.05) is 24.0 Å². The van der Waals surface area contributed by atoms with E-state index in [2.05, 4.69) is 39.9 Å². The second kappa shape index (κ2) is 8.05. The molecule has 4 aliphatic rings. The zero-order valence-corrected chi connectivity index (χ0v) is 19.9. The number of anilines is 1. The van der Waals surface area contributed by atoms with Crippen molar-refractivity contribution < 1.29 is 4.79 Å². The topological polar surface area (TPSA) is 58.4 Å². The number of fused-ring (bicyclic) bond motifs is 1. The van der Waals surface area contributed by atoms with Crippen molar-refractivity contribution in [2.24, 2.45) is 17.8 Å². The predicted octanol–water partition coefficient (Wildman–Crippen LogP) is 5.86. The van der Waals surface area contributed by atoms with Crippen LogP contribution in [0.1, 0.15) is 67.2 Å². The minimum Gasteiger partial charge on any atom is -0.380 e. The number of carbonyl (C=O) groups excluding carboxylic acids is 1. The Morgan fingerprint density at radius 2 is 1.73 bits per heavy atom. The maximum Gasteiger partial charge on any atom is 0.270 e. The lowest BCUT2D eigenvalue weighted by atomic mass is 9.53. The van der Waals surface area contributed by atoms with Gasteiger partial charge in [0.1, 0.15) is 11.3 Å². The van der Waals surface area contributed by atoms with Crippen LogP contribution >= 0.6 is 11.6 Å². The molecule has 1 amide bonds. The molecule has 4 bridgehead atoms. The molecule has 33 heavy (non-hydrogen) atoms. The highest BCUT2D eigenvalue weighted by molar-refractivity contribution is 6.30. The SMILES string of the molecule is CCc1nc2ccc(Cl)cn2c1C(=O)NCc1ccc(NC23CC4CC(CC(C4)C2)C3)cc1. The van der Waals surface area contributed by atoms with Crippen molar-refractivity contribution in [2.75, 3.05) is 5.32 Å². The van der Waals surface area contributed by atoms with E-state index >= 15 is 0 Å². The third-order valence-electron chi connectivity index (χ3n) is 8.06. The van der Waals surface area contributed by atoms with Gasteiger partial charge < -0.3 is 10.6 Å². The smallest absolute Gasteiger partial charge is 0.270 e. The summed E-state index contributed by atoms with van der Waals surface area (Å²) in [5, 5.41) is 7.58.